The molecule has 1 fully saturated rings. The van der Waals surface area contributed by atoms with Gasteiger partial charge in [0, 0.05) is 30.1 Å². The molecule has 0 heterocycles. The standard InChI is InChI=1S/C15H23BrN2O2S/c1-3-9-18(4-2)21(19,20)15-10-12(5-8-14(15)16)11-17-13-6-7-13/h5,8,10,13,17H,3-4,6-7,9,11H2,1-2H3. The summed E-state index contributed by atoms with van der Waals surface area (Å²) in [6, 6.07) is 6.19. The lowest BCUT2D eigenvalue weighted by Gasteiger charge is -2.21. The normalized spacial score (nSPS) is 15.6. The molecular weight excluding hydrogens is 352 g/mol. The second-order valence-electron chi connectivity index (χ2n) is 5.42. The first-order valence-electron chi connectivity index (χ1n) is 7.51. The van der Waals surface area contributed by atoms with Crippen molar-refractivity contribution in [2.75, 3.05) is 13.1 Å². The molecule has 0 spiro atoms. The van der Waals surface area contributed by atoms with Crippen molar-refractivity contribution in [3.63, 3.8) is 0 Å². The van der Waals surface area contributed by atoms with Gasteiger partial charge in [0.1, 0.15) is 0 Å². The predicted molar refractivity (Wildman–Crippen MR) is 88.7 cm³/mol. The highest BCUT2D eigenvalue weighted by Gasteiger charge is 2.25. The second kappa shape index (κ2) is 7.22. The Hall–Kier alpha value is -0.430. The smallest absolute Gasteiger partial charge is 0.244 e. The van der Waals surface area contributed by atoms with E-state index >= 15 is 0 Å². The maximum Gasteiger partial charge on any atom is 0.244 e. The summed E-state index contributed by atoms with van der Waals surface area (Å²) in [5.41, 5.74) is 1.01. The average Bonchev–Trinajstić information content (AvgIpc) is 3.27. The zero-order valence-corrected chi connectivity index (χ0v) is 15.0. The summed E-state index contributed by atoms with van der Waals surface area (Å²) in [6.45, 7) is 5.63. The summed E-state index contributed by atoms with van der Waals surface area (Å²) in [5.74, 6) is 0. The van der Waals surface area contributed by atoms with E-state index in [1.54, 1.807) is 6.07 Å². The molecule has 0 saturated heterocycles. The third-order valence-electron chi connectivity index (χ3n) is 3.61. The molecule has 0 unspecified atom stereocenters. The van der Waals surface area contributed by atoms with Crippen molar-refractivity contribution < 1.29 is 8.42 Å². The van der Waals surface area contributed by atoms with Crippen LogP contribution in [0.5, 0.6) is 0 Å². The molecule has 0 amide bonds. The van der Waals surface area contributed by atoms with Crippen LogP contribution in [0.3, 0.4) is 0 Å². The number of halogens is 1. The van der Waals surface area contributed by atoms with Crippen LogP contribution in [0.2, 0.25) is 0 Å². The molecule has 0 aromatic heterocycles. The summed E-state index contributed by atoms with van der Waals surface area (Å²) in [5, 5.41) is 3.42. The Kier molecular flexibility index (Phi) is 5.82. The third-order valence-corrected chi connectivity index (χ3v) is 6.58. The summed E-state index contributed by atoms with van der Waals surface area (Å²) >= 11 is 3.38. The number of sulfonamides is 1. The number of nitrogens with zero attached hydrogens (tertiary/aromatic N) is 1. The van der Waals surface area contributed by atoms with Gasteiger partial charge in [0.2, 0.25) is 10.0 Å². The van der Waals surface area contributed by atoms with Gasteiger partial charge in [-0.2, -0.15) is 4.31 Å². The van der Waals surface area contributed by atoms with E-state index in [9.17, 15) is 8.42 Å². The van der Waals surface area contributed by atoms with Crippen molar-refractivity contribution in [2.45, 2.75) is 50.6 Å². The van der Waals surface area contributed by atoms with Gasteiger partial charge in [0.05, 0.1) is 4.90 Å². The molecule has 6 heteroatoms. The lowest BCUT2D eigenvalue weighted by atomic mass is 10.2. The number of hydrogen-bond donors (Lipinski definition) is 1. The summed E-state index contributed by atoms with van der Waals surface area (Å²) in [4.78, 5) is 0.368. The van der Waals surface area contributed by atoms with Gasteiger partial charge in [-0.3, -0.25) is 0 Å². The van der Waals surface area contributed by atoms with Crippen molar-refractivity contribution in [1.82, 2.24) is 9.62 Å². The van der Waals surface area contributed by atoms with Crippen LogP contribution in [0, 0.1) is 0 Å². The first-order valence-corrected chi connectivity index (χ1v) is 9.74. The SMILES string of the molecule is CCCN(CC)S(=O)(=O)c1cc(CNC2CC2)ccc1Br. The molecule has 2 rings (SSSR count). The average molecular weight is 375 g/mol. The van der Waals surface area contributed by atoms with Crippen LogP contribution >= 0.6 is 15.9 Å². The van der Waals surface area contributed by atoms with Gasteiger partial charge >= 0.3 is 0 Å². The van der Waals surface area contributed by atoms with Gasteiger partial charge in [-0.25, -0.2) is 8.42 Å². The van der Waals surface area contributed by atoms with Crippen LogP contribution in [0.4, 0.5) is 0 Å². The Morgan fingerprint density at radius 2 is 2.05 bits per heavy atom. The van der Waals surface area contributed by atoms with Crippen molar-refractivity contribution in [3.8, 4) is 0 Å². The largest absolute Gasteiger partial charge is 0.310 e. The van der Waals surface area contributed by atoms with E-state index in [0.29, 0.717) is 28.5 Å². The summed E-state index contributed by atoms with van der Waals surface area (Å²) < 4.78 is 27.7. The van der Waals surface area contributed by atoms with Crippen LogP contribution in [-0.4, -0.2) is 31.9 Å². The van der Waals surface area contributed by atoms with Crippen molar-refractivity contribution in [1.29, 1.82) is 0 Å². The van der Waals surface area contributed by atoms with Crippen molar-refractivity contribution in [2.24, 2.45) is 0 Å². The number of benzene rings is 1. The van der Waals surface area contributed by atoms with Crippen LogP contribution in [0.1, 0.15) is 38.7 Å². The molecule has 1 aromatic rings. The Labute approximate surface area is 136 Å². The quantitative estimate of drug-likeness (QED) is 0.760. The highest BCUT2D eigenvalue weighted by atomic mass is 79.9. The predicted octanol–water partition coefficient (Wildman–Crippen LogP) is 3.12. The molecule has 118 valence electrons. The monoisotopic (exact) mass is 374 g/mol. The molecular formula is C15H23BrN2O2S. The van der Waals surface area contributed by atoms with Crippen molar-refractivity contribution >= 4 is 26.0 Å². The van der Waals surface area contributed by atoms with Crippen LogP contribution in [-0.2, 0) is 16.6 Å². The third kappa shape index (κ3) is 4.28. The lowest BCUT2D eigenvalue weighted by Crippen LogP contribution is -2.32. The van der Waals surface area contributed by atoms with Crippen LogP contribution in [0.15, 0.2) is 27.6 Å². The summed E-state index contributed by atoms with van der Waals surface area (Å²) in [6.07, 6.45) is 3.26. The lowest BCUT2D eigenvalue weighted by molar-refractivity contribution is 0.426. The zero-order chi connectivity index (χ0) is 15.5. The van der Waals surface area contributed by atoms with Gasteiger partial charge in [0.25, 0.3) is 0 Å². The van der Waals surface area contributed by atoms with E-state index < -0.39 is 10.0 Å². The molecule has 21 heavy (non-hydrogen) atoms. The van der Waals surface area contributed by atoms with E-state index in [1.807, 2.05) is 26.0 Å². The van der Waals surface area contributed by atoms with E-state index in [1.165, 1.54) is 17.1 Å². The fourth-order valence-corrected chi connectivity index (χ4v) is 4.76. The molecule has 1 aliphatic rings. The van der Waals surface area contributed by atoms with E-state index in [2.05, 4.69) is 21.2 Å². The highest BCUT2D eigenvalue weighted by molar-refractivity contribution is 9.10. The number of hydrogen-bond acceptors (Lipinski definition) is 3. The van der Waals surface area contributed by atoms with Gasteiger partial charge in [-0.1, -0.05) is 19.9 Å². The van der Waals surface area contributed by atoms with Crippen LogP contribution < -0.4 is 5.32 Å². The van der Waals surface area contributed by atoms with Gasteiger partial charge in [0.15, 0.2) is 0 Å². The minimum atomic E-state index is -3.43. The van der Waals surface area contributed by atoms with Crippen LogP contribution in [0.25, 0.3) is 0 Å². The fraction of sp³-hybridized carbons (Fsp3) is 0.600. The minimum Gasteiger partial charge on any atom is -0.310 e. The molecule has 1 saturated carbocycles. The number of nitrogens with one attached hydrogen (secondary N) is 1. The second-order valence-corrected chi connectivity index (χ2v) is 8.18. The maximum absolute atomic E-state index is 12.8. The Morgan fingerprint density at radius 1 is 1.33 bits per heavy atom. The first-order chi connectivity index (χ1) is 9.98. The highest BCUT2D eigenvalue weighted by Crippen LogP contribution is 2.27. The fourth-order valence-electron chi connectivity index (χ4n) is 2.24. The molecule has 0 bridgehead atoms. The molecule has 4 nitrogen and oxygen atoms in total. The van der Waals surface area contributed by atoms with E-state index in [-0.39, 0.29) is 0 Å². The zero-order valence-electron chi connectivity index (χ0n) is 12.6. The molecule has 1 aliphatic carbocycles. The number of rotatable bonds is 8. The van der Waals surface area contributed by atoms with Gasteiger partial charge in [-0.15, -0.1) is 0 Å². The maximum atomic E-state index is 12.8. The Bertz CT molecular complexity index is 585. The molecule has 1 N–H and O–H groups in total. The minimum absolute atomic E-state index is 0.368. The topological polar surface area (TPSA) is 49.4 Å². The van der Waals surface area contributed by atoms with Gasteiger partial charge < -0.3 is 5.32 Å². The van der Waals surface area contributed by atoms with Crippen molar-refractivity contribution in [3.05, 3.63) is 28.2 Å². The van der Waals surface area contributed by atoms with E-state index in [4.69, 9.17) is 0 Å². The molecule has 1 aromatic carbocycles. The van der Waals surface area contributed by atoms with Gasteiger partial charge in [-0.05, 0) is 52.9 Å². The Morgan fingerprint density at radius 3 is 2.62 bits per heavy atom. The first kappa shape index (κ1) is 16.9. The molecule has 0 atom stereocenters. The van der Waals surface area contributed by atoms with E-state index in [0.717, 1.165) is 18.5 Å². The molecule has 0 radical (unpaired) electrons. The summed E-state index contributed by atoms with van der Waals surface area (Å²) in [7, 11) is -3.43. The Balaban J connectivity index is 2.24. The molecule has 0 aliphatic heterocycles.